The Labute approximate surface area is 191 Å². The Morgan fingerprint density at radius 1 is 1.22 bits per heavy atom. The molecule has 0 aliphatic carbocycles. The van der Waals surface area contributed by atoms with E-state index < -0.39 is 0 Å². The number of fused-ring (bicyclic) bond motifs is 1. The van der Waals surface area contributed by atoms with Crippen molar-refractivity contribution in [3.63, 3.8) is 0 Å². The summed E-state index contributed by atoms with van der Waals surface area (Å²) in [5.74, 6) is 1.69. The van der Waals surface area contributed by atoms with Crippen LogP contribution < -0.4 is 20.3 Å². The number of hydrogen-bond acceptors (Lipinski definition) is 6. The molecule has 172 valence electrons. The van der Waals surface area contributed by atoms with Crippen molar-refractivity contribution in [3.8, 4) is 11.5 Å². The maximum absolute atomic E-state index is 12.9. The van der Waals surface area contributed by atoms with Gasteiger partial charge >= 0.3 is 0 Å². The van der Waals surface area contributed by atoms with E-state index in [-0.39, 0.29) is 23.1 Å². The van der Waals surface area contributed by atoms with E-state index in [0.717, 1.165) is 11.3 Å². The van der Waals surface area contributed by atoms with Crippen molar-refractivity contribution in [1.29, 1.82) is 0 Å². The van der Waals surface area contributed by atoms with E-state index in [1.165, 1.54) is 11.8 Å². The van der Waals surface area contributed by atoms with Crippen molar-refractivity contribution in [2.75, 3.05) is 26.5 Å². The van der Waals surface area contributed by atoms with E-state index >= 15 is 0 Å². The van der Waals surface area contributed by atoms with Crippen molar-refractivity contribution < 1.29 is 14.3 Å². The first kappa shape index (κ1) is 23.7. The van der Waals surface area contributed by atoms with Crippen LogP contribution >= 0.6 is 11.8 Å². The zero-order chi connectivity index (χ0) is 23.3. The molecule has 0 radical (unpaired) electrons. The Bertz CT molecular complexity index is 1150. The number of benzene rings is 1. The van der Waals surface area contributed by atoms with Crippen LogP contribution in [0.25, 0.3) is 11.0 Å². The SMILES string of the molecule is COc1ccc(CCNC(=O)CSc2nc3cc(C)[nH]c3c(=O)n2CC(C)C)cc1OC. The lowest BCUT2D eigenvalue weighted by Crippen LogP contribution is -2.29. The Morgan fingerprint density at radius 2 is 1.97 bits per heavy atom. The summed E-state index contributed by atoms with van der Waals surface area (Å²) >= 11 is 1.28. The number of nitrogens with zero attached hydrogens (tertiary/aromatic N) is 2. The predicted molar refractivity (Wildman–Crippen MR) is 127 cm³/mol. The van der Waals surface area contributed by atoms with Gasteiger partial charge in [-0.15, -0.1) is 0 Å². The third-order valence-electron chi connectivity index (χ3n) is 4.90. The van der Waals surface area contributed by atoms with Crippen LogP contribution in [0, 0.1) is 12.8 Å². The van der Waals surface area contributed by atoms with Gasteiger partial charge in [0.05, 0.1) is 25.5 Å². The van der Waals surface area contributed by atoms with Crippen molar-refractivity contribution in [1.82, 2.24) is 19.9 Å². The third kappa shape index (κ3) is 5.64. The second kappa shape index (κ2) is 10.6. The number of aromatic amines is 1. The van der Waals surface area contributed by atoms with E-state index in [1.54, 1.807) is 18.8 Å². The van der Waals surface area contributed by atoms with Gasteiger partial charge in [0.15, 0.2) is 16.7 Å². The van der Waals surface area contributed by atoms with Gasteiger partial charge in [-0.1, -0.05) is 31.7 Å². The van der Waals surface area contributed by atoms with Crippen LogP contribution in [-0.4, -0.2) is 47.0 Å². The molecule has 0 saturated carbocycles. The third-order valence-corrected chi connectivity index (χ3v) is 5.88. The van der Waals surface area contributed by atoms with E-state index in [0.29, 0.717) is 47.2 Å². The highest BCUT2D eigenvalue weighted by Gasteiger charge is 2.16. The first-order chi connectivity index (χ1) is 15.3. The Morgan fingerprint density at radius 3 is 2.66 bits per heavy atom. The molecule has 2 aromatic heterocycles. The van der Waals surface area contributed by atoms with Gasteiger partial charge in [-0.25, -0.2) is 4.98 Å². The maximum Gasteiger partial charge on any atom is 0.278 e. The van der Waals surface area contributed by atoms with Gasteiger partial charge < -0.3 is 19.8 Å². The van der Waals surface area contributed by atoms with Crippen LogP contribution in [0.3, 0.4) is 0 Å². The highest BCUT2D eigenvalue weighted by molar-refractivity contribution is 7.99. The van der Waals surface area contributed by atoms with E-state index in [4.69, 9.17) is 9.47 Å². The average molecular weight is 459 g/mol. The largest absolute Gasteiger partial charge is 0.493 e. The summed E-state index contributed by atoms with van der Waals surface area (Å²) in [5, 5.41) is 3.49. The van der Waals surface area contributed by atoms with Crippen LogP contribution in [0.5, 0.6) is 11.5 Å². The fraction of sp³-hybridized carbons (Fsp3) is 0.435. The number of carbonyl (C=O) groups is 1. The molecule has 1 aromatic carbocycles. The molecule has 0 saturated heterocycles. The van der Waals surface area contributed by atoms with Crippen LogP contribution in [0.4, 0.5) is 0 Å². The average Bonchev–Trinajstić information content (AvgIpc) is 3.14. The molecule has 0 aliphatic heterocycles. The molecule has 32 heavy (non-hydrogen) atoms. The predicted octanol–water partition coefficient (Wildman–Crippen LogP) is 3.16. The van der Waals surface area contributed by atoms with Crippen LogP contribution in [0.1, 0.15) is 25.1 Å². The highest BCUT2D eigenvalue weighted by Crippen LogP contribution is 2.27. The van der Waals surface area contributed by atoms with Gasteiger partial charge in [0.1, 0.15) is 5.52 Å². The van der Waals surface area contributed by atoms with Crippen molar-refractivity contribution >= 4 is 28.7 Å². The minimum Gasteiger partial charge on any atom is -0.493 e. The quantitative estimate of drug-likeness (QED) is 0.358. The van der Waals surface area contributed by atoms with Gasteiger partial charge in [0.2, 0.25) is 5.91 Å². The molecule has 0 unspecified atom stereocenters. The number of ether oxygens (including phenoxy) is 2. The van der Waals surface area contributed by atoms with E-state index in [1.807, 2.05) is 45.0 Å². The molecule has 3 aromatic rings. The number of H-pyrrole nitrogens is 1. The number of hydrogen-bond donors (Lipinski definition) is 2. The minimum atomic E-state index is -0.105. The maximum atomic E-state index is 12.9. The van der Waals surface area contributed by atoms with Gasteiger partial charge in [-0.3, -0.25) is 14.2 Å². The summed E-state index contributed by atoms with van der Waals surface area (Å²) in [6, 6.07) is 7.56. The van der Waals surface area contributed by atoms with Crippen molar-refractivity contribution in [3.05, 3.63) is 45.9 Å². The molecule has 9 heteroatoms. The van der Waals surface area contributed by atoms with Gasteiger partial charge in [0, 0.05) is 18.8 Å². The molecule has 2 heterocycles. The number of aromatic nitrogens is 3. The molecule has 0 fully saturated rings. The minimum absolute atomic E-state index is 0.104. The second-order valence-electron chi connectivity index (χ2n) is 7.99. The molecule has 0 spiro atoms. The van der Waals surface area contributed by atoms with Crippen LogP contribution in [-0.2, 0) is 17.8 Å². The monoisotopic (exact) mass is 458 g/mol. The number of amides is 1. The summed E-state index contributed by atoms with van der Waals surface area (Å²) < 4.78 is 12.2. The standard InChI is InChI=1S/C23H30N4O4S/c1-14(2)12-27-22(29)21-17(10-15(3)25-21)26-23(27)32-13-20(28)24-9-8-16-6-7-18(30-4)19(11-16)31-5/h6-7,10-11,14,25H,8-9,12-13H2,1-5H3,(H,24,28). The van der Waals surface area contributed by atoms with Gasteiger partial charge in [-0.2, -0.15) is 0 Å². The summed E-state index contributed by atoms with van der Waals surface area (Å²) in [6.07, 6.45) is 0.668. The smallest absolute Gasteiger partial charge is 0.278 e. The van der Waals surface area contributed by atoms with Gasteiger partial charge in [-0.05, 0) is 43.0 Å². The normalized spacial score (nSPS) is 11.2. The first-order valence-corrected chi connectivity index (χ1v) is 11.5. The molecule has 0 atom stereocenters. The van der Waals surface area contributed by atoms with Crippen molar-refractivity contribution in [2.24, 2.45) is 5.92 Å². The second-order valence-corrected chi connectivity index (χ2v) is 8.94. The lowest BCUT2D eigenvalue weighted by molar-refractivity contribution is -0.118. The van der Waals surface area contributed by atoms with Crippen molar-refractivity contribution in [2.45, 2.75) is 38.9 Å². The number of carbonyl (C=O) groups excluding carboxylic acids is 1. The Balaban J connectivity index is 1.62. The van der Waals surface area contributed by atoms with E-state index in [2.05, 4.69) is 15.3 Å². The number of thioether (sulfide) groups is 1. The fourth-order valence-electron chi connectivity index (χ4n) is 3.41. The zero-order valence-electron chi connectivity index (χ0n) is 19.2. The number of methoxy groups -OCH3 is 2. The van der Waals surface area contributed by atoms with Gasteiger partial charge in [0.25, 0.3) is 5.56 Å². The lowest BCUT2D eigenvalue weighted by atomic mass is 10.1. The molecule has 0 bridgehead atoms. The number of aryl methyl sites for hydroxylation is 1. The van der Waals surface area contributed by atoms with E-state index in [9.17, 15) is 9.59 Å². The molecule has 2 N–H and O–H groups in total. The molecule has 8 nitrogen and oxygen atoms in total. The molecular formula is C23H30N4O4S. The first-order valence-electron chi connectivity index (χ1n) is 10.5. The lowest BCUT2D eigenvalue weighted by Gasteiger charge is -2.14. The number of rotatable bonds is 10. The molecular weight excluding hydrogens is 428 g/mol. The number of nitrogens with one attached hydrogen (secondary N) is 2. The summed E-state index contributed by atoms with van der Waals surface area (Å²) in [6.45, 7) is 7.03. The summed E-state index contributed by atoms with van der Waals surface area (Å²) in [4.78, 5) is 33.1. The topological polar surface area (TPSA) is 98.2 Å². The highest BCUT2D eigenvalue weighted by atomic mass is 32.2. The summed E-state index contributed by atoms with van der Waals surface area (Å²) in [5.41, 5.74) is 2.95. The Kier molecular flexibility index (Phi) is 7.84. The fourth-order valence-corrected chi connectivity index (χ4v) is 4.25. The molecule has 3 rings (SSSR count). The summed E-state index contributed by atoms with van der Waals surface area (Å²) in [7, 11) is 3.19. The molecule has 1 amide bonds. The molecule has 0 aliphatic rings. The van der Waals surface area contributed by atoms with Crippen LogP contribution in [0.2, 0.25) is 0 Å². The zero-order valence-corrected chi connectivity index (χ0v) is 20.0. The Hall–Kier alpha value is -2.94. The van der Waals surface area contributed by atoms with Crippen LogP contribution in [0.15, 0.2) is 34.2 Å².